The molecule has 1 aromatic heterocycles. The van der Waals surface area contributed by atoms with E-state index in [1.807, 2.05) is 0 Å². The van der Waals surface area contributed by atoms with E-state index in [1.54, 1.807) is 4.68 Å². The Balaban J connectivity index is 2.26. The molecule has 0 spiro atoms. The summed E-state index contributed by atoms with van der Waals surface area (Å²) < 4.78 is 1.60. The highest BCUT2D eigenvalue weighted by Crippen LogP contribution is 2.36. The zero-order valence-electron chi connectivity index (χ0n) is 8.59. The van der Waals surface area contributed by atoms with Gasteiger partial charge in [-0.05, 0) is 25.2 Å². The second-order valence-corrected chi connectivity index (χ2v) is 4.19. The van der Waals surface area contributed by atoms with Crippen LogP contribution in [0, 0.1) is 16.0 Å². The fourth-order valence-electron chi connectivity index (χ4n) is 2.19. The molecule has 0 aliphatic heterocycles. The van der Waals surface area contributed by atoms with Gasteiger partial charge in [0, 0.05) is 0 Å². The van der Waals surface area contributed by atoms with E-state index in [2.05, 4.69) is 12.0 Å². The molecule has 15 heavy (non-hydrogen) atoms. The first-order valence-corrected chi connectivity index (χ1v) is 5.07. The molecule has 2 atom stereocenters. The molecule has 0 amide bonds. The van der Waals surface area contributed by atoms with Crippen LogP contribution in [-0.2, 0) is 0 Å². The lowest BCUT2D eigenvalue weighted by Gasteiger charge is -2.11. The molecule has 1 aliphatic rings. The maximum Gasteiger partial charge on any atom is 0.330 e. The predicted molar refractivity (Wildman–Crippen MR) is 55.3 cm³/mol. The lowest BCUT2D eigenvalue weighted by atomic mass is 10.1. The summed E-state index contributed by atoms with van der Waals surface area (Å²) in [6, 6.07) is 0.230. The summed E-state index contributed by atoms with van der Waals surface area (Å²) in [6.45, 7) is 2.17. The van der Waals surface area contributed by atoms with Crippen molar-refractivity contribution >= 4 is 11.5 Å². The molecule has 1 fully saturated rings. The monoisotopic (exact) mass is 210 g/mol. The van der Waals surface area contributed by atoms with Gasteiger partial charge in [0.05, 0.1) is 11.0 Å². The van der Waals surface area contributed by atoms with Crippen LogP contribution in [0.3, 0.4) is 0 Å². The second kappa shape index (κ2) is 3.52. The van der Waals surface area contributed by atoms with Crippen molar-refractivity contribution in [2.45, 2.75) is 32.2 Å². The van der Waals surface area contributed by atoms with Crippen molar-refractivity contribution in [3.8, 4) is 0 Å². The Kier molecular flexibility index (Phi) is 2.34. The number of hydrogen-bond acceptors (Lipinski definition) is 4. The van der Waals surface area contributed by atoms with Crippen molar-refractivity contribution in [2.24, 2.45) is 5.92 Å². The average molecular weight is 210 g/mol. The van der Waals surface area contributed by atoms with Crippen molar-refractivity contribution in [1.82, 2.24) is 9.78 Å². The fourth-order valence-corrected chi connectivity index (χ4v) is 2.19. The Hall–Kier alpha value is -1.59. The molecule has 6 heteroatoms. The summed E-state index contributed by atoms with van der Waals surface area (Å²) >= 11 is 0. The minimum atomic E-state index is -0.489. The van der Waals surface area contributed by atoms with Crippen molar-refractivity contribution in [3.63, 3.8) is 0 Å². The predicted octanol–water partition coefficient (Wildman–Crippen LogP) is 1.73. The topological polar surface area (TPSA) is 87.0 Å². The third kappa shape index (κ3) is 1.67. The second-order valence-electron chi connectivity index (χ2n) is 4.19. The van der Waals surface area contributed by atoms with E-state index < -0.39 is 4.92 Å². The lowest BCUT2D eigenvalue weighted by Crippen LogP contribution is -2.10. The maximum absolute atomic E-state index is 10.6. The quantitative estimate of drug-likeness (QED) is 0.594. The van der Waals surface area contributed by atoms with Crippen molar-refractivity contribution < 1.29 is 4.92 Å². The minimum Gasteiger partial charge on any atom is -0.378 e. The number of hydrogen-bond donors (Lipinski definition) is 1. The van der Waals surface area contributed by atoms with Crippen molar-refractivity contribution in [1.29, 1.82) is 0 Å². The Bertz CT molecular complexity index is 387. The molecule has 1 saturated carbocycles. The molecule has 2 N–H and O–H groups in total. The summed E-state index contributed by atoms with van der Waals surface area (Å²) in [5, 5.41) is 14.6. The van der Waals surface area contributed by atoms with Crippen LogP contribution in [0.2, 0.25) is 0 Å². The number of nitro groups is 1. The first-order valence-electron chi connectivity index (χ1n) is 5.07. The Morgan fingerprint density at radius 2 is 2.40 bits per heavy atom. The molecule has 2 rings (SSSR count). The molecule has 0 radical (unpaired) electrons. The van der Waals surface area contributed by atoms with Crippen LogP contribution in [0.1, 0.15) is 32.2 Å². The van der Waals surface area contributed by atoms with Crippen LogP contribution in [0.5, 0.6) is 0 Å². The van der Waals surface area contributed by atoms with Gasteiger partial charge >= 0.3 is 5.69 Å². The molecule has 0 bridgehead atoms. The lowest BCUT2D eigenvalue weighted by molar-refractivity contribution is -0.384. The molecule has 2 unspecified atom stereocenters. The van der Waals surface area contributed by atoms with Crippen LogP contribution in [0.25, 0.3) is 0 Å². The number of nitrogen functional groups attached to an aromatic ring is 1. The molecule has 1 aromatic rings. The zero-order chi connectivity index (χ0) is 11.0. The van der Waals surface area contributed by atoms with Gasteiger partial charge in [-0.25, -0.2) is 4.68 Å². The van der Waals surface area contributed by atoms with E-state index >= 15 is 0 Å². The molecule has 6 nitrogen and oxygen atoms in total. The number of nitrogens with zero attached hydrogens (tertiary/aromatic N) is 3. The Morgan fingerprint density at radius 3 is 2.87 bits per heavy atom. The molecule has 1 aliphatic carbocycles. The first-order chi connectivity index (χ1) is 7.09. The van der Waals surface area contributed by atoms with Gasteiger partial charge in [0.2, 0.25) is 5.82 Å². The number of nitrogens with two attached hydrogens (primary N) is 1. The third-order valence-corrected chi connectivity index (χ3v) is 3.02. The van der Waals surface area contributed by atoms with E-state index in [4.69, 9.17) is 5.73 Å². The van der Waals surface area contributed by atoms with E-state index in [0.717, 1.165) is 19.3 Å². The standard InChI is InChI=1S/C9H14N4O2/c1-6-2-3-7(4-6)12-9(10)8(5-11-12)13(14)15/h5-7H,2-4,10H2,1H3. The smallest absolute Gasteiger partial charge is 0.330 e. The normalized spacial score (nSPS) is 25.7. The fraction of sp³-hybridized carbons (Fsp3) is 0.667. The van der Waals surface area contributed by atoms with Gasteiger partial charge in [0.15, 0.2) is 0 Å². The van der Waals surface area contributed by atoms with Crippen LogP contribution in [0.15, 0.2) is 6.20 Å². The highest BCUT2D eigenvalue weighted by atomic mass is 16.6. The van der Waals surface area contributed by atoms with Crippen molar-refractivity contribution in [3.05, 3.63) is 16.3 Å². The molecule has 82 valence electrons. The van der Waals surface area contributed by atoms with Crippen LogP contribution >= 0.6 is 0 Å². The minimum absolute atomic E-state index is 0.0884. The molecule has 1 heterocycles. The van der Waals surface area contributed by atoms with Gasteiger partial charge < -0.3 is 5.73 Å². The van der Waals surface area contributed by atoms with Crippen LogP contribution < -0.4 is 5.73 Å². The number of aromatic nitrogens is 2. The molecule has 0 saturated heterocycles. The van der Waals surface area contributed by atoms with Gasteiger partial charge in [-0.3, -0.25) is 10.1 Å². The highest BCUT2D eigenvalue weighted by molar-refractivity contribution is 5.51. The number of anilines is 1. The Morgan fingerprint density at radius 1 is 1.67 bits per heavy atom. The molecular formula is C9H14N4O2. The highest BCUT2D eigenvalue weighted by Gasteiger charge is 2.28. The Labute approximate surface area is 87.2 Å². The third-order valence-electron chi connectivity index (χ3n) is 3.02. The van der Waals surface area contributed by atoms with Crippen LogP contribution in [0.4, 0.5) is 11.5 Å². The van der Waals surface area contributed by atoms with E-state index in [0.29, 0.717) is 5.92 Å². The van der Waals surface area contributed by atoms with E-state index in [1.165, 1.54) is 6.20 Å². The summed E-state index contributed by atoms with van der Waals surface area (Å²) in [7, 11) is 0. The molecule has 0 aromatic carbocycles. The summed E-state index contributed by atoms with van der Waals surface area (Å²) in [6.07, 6.45) is 4.38. The summed E-state index contributed by atoms with van der Waals surface area (Å²) in [5.41, 5.74) is 5.60. The SMILES string of the molecule is CC1CCC(n2ncc([N+](=O)[O-])c2N)C1. The van der Waals surface area contributed by atoms with Crippen LogP contribution in [-0.4, -0.2) is 14.7 Å². The maximum atomic E-state index is 10.6. The zero-order valence-corrected chi connectivity index (χ0v) is 8.59. The van der Waals surface area contributed by atoms with Crippen molar-refractivity contribution in [2.75, 3.05) is 5.73 Å². The number of rotatable bonds is 2. The summed E-state index contributed by atoms with van der Waals surface area (Å²) in [5.74, 6) is 0.830. The van der Waals surface area contributed by atoms with Gasteiger partial charge in [-0.2, -0.15) is 5.10 Å². The first kappa shape index (κ1) is 9.95. The average Bonchev–Trinajstić information content (AvgIpc) is 2.71. The van der Waals surface area contributed by atoms with E-state index in [-0.39, 0.29) is 17.5 Å². The molecular weight excluding hydrogens is 196 g/mol. The van der Waals surface area contributed by atoms with Gasteiger partial charge in [-0.15, -0.1) is 0 Å². The van der Waals surface area contributed by atoms with Gasteiger partial charge in [-0.1, -0.05) is 6.92 Å². The van der Waals surface area contributed by atoms with E-state index in [9.17, 15) is 10.1 Å². The summed E-state index contributed by atoms with van der Waals surface area (Å²) in [4.78, 5) is 10.1. The largest absolute Gasteiger partial charge is 0.378 e. The van der Waals surface area contributed by atoms with Gasteiger partial charge in [0.1, 0.15) is 6.20 Å². The van der Waals surface area contributed by atoms with Gasteiger partial charge in [0.25, 0.3) is 0 Å².